The first-order valence-corrected chi connectivity index (χ1v) is 9.05. The summed E-state index contributed by atoms with van der Waals surface area (Å²) in [5.41, 5.74) is 2.57. The van der Waals surface area contributed by atoms with E-state index in [1.165, 1.54) is 12.7 Å². The lowest BCUT2D eigenvalue weighted by atomic mass is 10.1. The largest absolute Gasteiger partial charge is 0.497 e. The van der Waals surface area contributed by atoms with Crippen LogP contribution < -0.4 is 9.47 Å². The van der Waals surface area contributed by atoms with E-state index in [9.17, 15) is 4.79 Å². The Morgan fingerprint density at radius 1 is 1.04 bits per heavy atom. The van der Waals surface area contributed by atoms with Gasteiger partial charge in [-0.1, -0.05) is 0 Å². The van der Waals surface area contributed by atoms with Crippen molar-refractivity contribution in [2.24, 2.45) is 0 Å². The molecule has 3 aromatic rings. The first-order valence-electron chi connectivity index (χ1n) is 9.05. The fraction of sp³-hybridized carbons (Fsp3) is 0.368. The van der Waals surface area contributed by atoms with E-state index in [0.717, 1.165) is 36.7 Å². The van der Waals surface area contributed by atoms with Gasteiger partial charge >= 0.3 is 0 Å². The van der Waals surface area contributed by atoms with E-state index in [2.05, 4.69) is 24.8 Å². The van der Waals surface area contributed by atoms with Gasteiger partial charge in [-0.15, -0.1) is 0 Å². The Balaban J connectivity index is 1.41. The summed E-state index contributed by atoms with van der Waals surface area (Å²) in [7, 11) is 3.29. The number of hydrogen-bond donors (Lipinski definition) is 1. The summed E-state index contributed by atoms with van der Waals surface area (Å²) in [6.45, 7) is 3.61. The zero-order chi connectivity index (χ0) is 19.5. The van der Waals surface area contributed by atoms with Gasteiger partial charge in [0, 0.05) is 38.8 Å². The van der Waals surface area contributed by atoms with E-state index >= 15 is 0 Å². The summed E-state index contributed by atoms with van der Waals surface area (Å²) < 4.78 is 10.7. The number of H-pyrrole nitrogens is 1. The van der Waals surface area contributed by atoms with Crippen molar-refractivity contribution in [3.05, 3.63) is 42.1 Å². The number of carbonyl (C=O) groups excluding carboxylic acids is 1. The molecule has 3 heterocycles. The van der Waals surface area contributed by atoms with Crippen LogP contribution in [-0.2, 0) is 6.54 Å². The third kappa shape index (κ3) is 3.61. The maximum Gasteiger partial charge on any atom is 0.274 e. The van der Waals surface area contributed by atoms with E-state index in [-0.39, 0.29) is 5.91 Å². The average molecular weight is 382 g/mol. The van der Waals surface area contributed by atoms with Gasteiger partial charge in [-0.2, -0.15) is 0 Å². The van der Waals surface area contributed by atoms with Crippen LogP contribution in [0.25, 0.3) is 11.2 Å². The van der Waals surface area contributed by atoms with E-state index in [1.807, 2.05) is 23.1 Å². The summed E-state index contributed by atoms with van der Waals surface area (Å²) in [6.07, 6.45) is 2.90. The fourth-order valence-corrected chi connectivity index (χ4v) is 3.40. The molecular weight excluding hydrogens is 360 g/mol. The van der Waals surface area contributed by atoms with Gasteiger partial charge in [-0.3, -0.25) is 9.69 Å². The van der Waals surface area contributed by atoms with Crippen LogP contribution in [0.5, 0.6) is 11.5 Å². The molecule has 1 fully saturated rings. The molecule has 0 bridgehead atoms. The summed E-state index contributed by atoms with van der Waals surface area (Å²) >= 11 is 0. The molecule has 1 N–H and O–H groups in total. The van der Waals surface area contributed by atoms with E-state index in [1.54, 1.807) is 14.2 Å². The van der Waals surface area contributed by atoms with Crippen molar-refractivity contribution in [3.63, 3.8) is 0 Å². The Morgan fingerprint density at radius 2 is 1.75 bits per heavy atom. The zero-order valence-corrected chi connectivity index (χ0v) is 15.9. The topological polar surface area (TPSA) is 96.5 Å². The van der Waals surface area contributed by atoms with Crippen molar-refractivity contribution in [1.82, 2.24) is 29.7 Å². The van der Waals surface area contributed by atoms with Crippen molar-refractivity contribution in [3.8, 4) is 11.5 Å². The second kappa shape index (κ2) is 7.81. The summed E-state index contributed by atoms with van der Waals surface area (Å²) in [5, 5.41) is 0. The van der Waals surface area contributed by atoms with Crippen molar-refractivity contribution in [1.29, 1.82) is 0 Å². The third-order valence-electron chi connectivity index (χ3n) is 4.90. The van der Waals surface area contributed by atoms with E-state index in [4.69, 9.17) is 9.47 Å². The number of imidazole rings is 1. The summed E-state index contributed by atoms with van der Waals surface area (Å²) in [5.74, 6) is 1.45. The van der Waals surface area contributed by atoms with Crippen LogP contribution in [0.2, 0.25) is 0 Å². The molecule has 0 atom stereocenters. The van der Waals surface area contributed by atoms with Gasteiger partial charge in [0.15, 0.2) is 11.3 Å². The van der Waals surface area contributed by atoms with Gasteiger partial charge in [0.1, 0.15) is 23.3 Å². The van der Waals surface area contributed by atoms with Crippen LogP contribution in [-0.4, -0.2) is 76.0 Å². The van der Waals surface area contributed by atoms with Gasteiger partial charge in [-0.25, -0.2) is 15.0 Å². The lowest BCUT2D eigenvalue weighted by Crippen LogP contribution is -2.48. The molecule has 1 aliphatic heterocycles. The molecule has 1 saturated heterocycles. The molecule has 1 amide bonds. The molecule has 9 heteroatoms. The van der Waals surface area contributed by atoms with Gasteiger partial charge in [0.2, 0.25) is 0 Å². The lowest BCUT2D eigenvalue weighted by molar-refractivity contribution is 0.0624. The number of aromatic amines is 1. The molecule has 146 valence electrons. The summed E-state index contributed by atoms with van der Waals surface area (Å²) in [6, 6.07) is 5.88. The lowest BCUT2D eigenvalue weighted by Gasteiger charge is -2.34. The smallest absolute Gasteiger partial charge is 0.274 e. The first kappa shape index (κ1) is 18.2. The third-order valence-corrected chi connectivity index (χ3v) is 4.90. The monoisotopic (exact) mass is 382 g/mol. The highest BCUT2D eigenvalue weighted by Gasteiger charge is 2.25. The second-order valence-electron chi connectivity index (χ2n) is 6.61. The van der Waals surface area contributed by atoms with Crippen LogP contribution in [0, 0.1) is 0 Å². The molecule has 1 aromatic carbocycles. The molecule has 0 aliphatic carbocycles. The number of carbonyl (C=O) groups is 1. The molecule has 2 aromatic heterocycles. The predicted octanol–water partition coefficient (Wildman–Crippen LogP) is 1.33. The van der Waals surface area contributed by atoms with E-state index in [0.29, 0.717) is 29.9 Å². The molecule has 0 unspecified atom stereocenters. The van der Waals surface area contributed by atoms with Crippen molar-refractivity contribution in [2.45, 2.75) is 6.54 Å². The standard InChI is InChI=1S/C19H22N6O3/c1-27-14-7-13(8-15(9-14)28-2)10-24-3-5-25(6-4-24)19(26)17-16-18(22-11-20-16)23-12-21-17/h7-9,11-12H,3-6,10H2,1-2H3,(H,20,21,22,23). The highest BCUT2D eigenvalue weighted by atomic mass is 16.5. The zero-order valence-electron chi connectivity index (χ0n) is 15.9. The minimum Gasteiger partial charge on any atom is -0.497 e. The Morgan fingerprint density at radius 3 is 2.43 bits per heavy atom. The minimum absolute atomic E-state index is 0.0978. The Bertz CT molecular complexity index is 958. The number of fused-ring (bicyclic) bond motifs is 1. The Kier molecular flexibility index (Phi) is 5.07. The molecule has 1 aliphatic rings. The average Bonchev–Trinajstić information content (AvgIpc) is 3.22. The normalized spacial score (nSPS) is 15.0. The highest BCUT2D eigenvalue weighted by Crippen LogP contribution is 2.24. The molecule has 9 nitrogen and oxygen atoms in total. The van der Waals surface area contributed by atoms with Gasteiger partial charge < -0.3 is 19.4 Å². The van der Waals surface area contributed by atoms with Crippen LogP contribution in [0.3, 0.4) is 0 Å². The van der Waals surface area contributed by atoms with Crippen LogP contribution in [0.1, 0.15) is 16.1 Å². The number of nitrogens with zero attached hydrogens (tertiary/aromatic N) is 5. The minimum atomic E-state index is -0.0978. The number of amides is 1. The first-order chi connectivity index (χ1) is 13.7. The molecule has 0 saturated carbocycles. The number of methoxy groups -OCH3 is 2. The SMILES string of the molecule is COc1cc(CN2CCN(C(=O)c3ncnc4nc[nH]c34)CC2)cc(OC)c1. The number of nitrogens with one attached hydrogen (secondary N) is 1. The second-order valence-corrected chi connectivity index (χ2v) is 6.61. The van der Waals surface area contributed by atoms with Crippen molar-refractivity contribution in [2.75, 3.05) is 40.4 Å². The van der Waals surface area contributed by atoms with E-state index < -0.39 is 0 Å². The molecule has 0 radical (unpaired) electrons. The number of hydrogen-bond acceptors (Lipinski definition) is 7. The highest BCUT2D eigenvalue weighted by molar-refractivity contribution is 6.01. The van der Waals surface area contributed by atoms with Crippen LogP contribution in [0.15, 0.2) is 30.9 Å². The molecule has 28 heavy (non-hydrogen) atoms. The Labute approximate surface area is 162 Å². The number of benzene rings is 1. The summed E-state index contributed by atoms with van der Waals surface area (Å²) in [4.78, 5) is 32.3. The maximum absolute atomic E-state index is 12.9. The number of aromatic nitrogens is 4. The predicted molar refractivity (Wildman–Crippen MR) is 102 cm³/mol. The Hall–Kier alpha value is -3.20. The fourth-order valence-electron chi connectivity index (χ4n) is 3.40. The van der Waals surface area contributed by atoms with Crippen LogP contribution in [0.4, 0.5) is 0 Å². The van der Waals surface area contributed by atoms with Crippen LogP contribution >= 0.6 is 0 Å². The van der Waals surface area contributed by atoms with Gasteiger partial charge in [0.05, 0.1) is 20.5 Å². The quantitative estimate of drug-likeness (QED) is 0.711. The maximum atomic E-state index is 12.9. The van der Waals surface area contributed by atoms with Gasteiger partial charge in [-0.05, 0) is 17.7 Å². The van der Waals surface area contributed by atoms with Crippen molar-refractivity contribution >= 4 is 17.1 Å². The number of rotatable bonds is 5. The number of ether oxygens (including phenoxy) is 2. The van der Waals surface area contributed by atoms with Gasteiger partial charge in [0.25, 0.3) is 5.91 Å². The van der Waals surface area contributed by atoms with Crippen molar-refractivity contribution < 1.29 is 14.3 Å². The number of piperazine rings is 1. The molecule has 4 rings (SSSR count). The molecular formula is C19H22N6O3. The molecule has 0 spiro atoms.